The van der Waals surface area contributed by atoms with Gasteiger partial charge < -0.3 is 10.0 Å². The molecule has 2 rings (SSSR count). The molecule has 0 aliphatic heterocycles. The van der Waals surface area contributed by atoms with Crippen LogP contribution in [0.25, 0.3) is 0 Å². The van der Waals surface area contributed by atoms with E-state index in [0.717, 1.165) is 19.4 Å². The lowest BCUT2D eigenvalue weighted by Crippen LogP contribution is -2.34. The summed E-state index contributed by atoms with van der Waals surface area (Å²) in [7, 11) is 0. The normalized spacial score (nSPS) is 18.0. The minimum atomic E-state index is -0.633. The molecule has 1 saturated carbocycles. The molecular weight excluding hydrogens is 229 g/mol. The Balaban J connectivity index is 2.40. The summed E-state index contributed by atoms with van der Waals surface area (Å²) in [6.07, 6.45) is 4.06. The largest absolute Gasteiger partial charge is 0.389 e. The van der Waals surface area contributed by atoms with Gasteiger partial charge in [-0.05, 0) is 32.8 Å². The number of halogens is 1. The van der Waals surface area contributed by atoms with Gasteiger partial charge in [0.15, 0.2) is 0 Å². The molecule has 2 nitrogen and oxygen atoms in total. The number of hydrogen-bond donors (Lipinski definition) is 1. The molecule has 1 N–H and O–H groups in total. The number of aliphatic hydroxyl groups is 1. The van der Waals surface area contributed by atoms with E-state index in [1.165, 1.54) is 18.9 Å². The topological polar surface area (TPSA) is 23.5 Å². The molecule has 1 fully saturated rings. The Bertz CT molecular complexity index is 399. The molecule has 1 aromatic carbocycles. The first kappa shape index (κ1) is 13.3. The highest BCUT2D eigenvalue weighted by Crippen LogP contribution is 2.34. The summed E-state index contributed by atoms with van der Waals surface area (Å²) in [6, 6.07) is 5.40. The van der Waals surface area contributed by atoms with Crippen molar-refractivity contribution < 1.29 is 9.50 Å². The van der Waals surface area contributed by atoms with E-state index in [9.17, 15) is 9.50 Å². The molecule has 0 spiro atoms. The molecule has 0 heterocycles. The van der Waals surface area contributed by atoms with Crippen molar-refractivity contribution in [1.82, 2.24) is 0 Å². The lowest BCUT2D eigenvalue weighted by atomic mass is 10.0. The van der Waals surface area contributed by atoms with Crippen LogP contribution in [0.5, 0.6) is 0 Å². The first-order valence-electron chi connectivity index (χ1n) is 6.88. The van der Waals surface area contributed by atoms with Gasteiger partial charge in [-0.3, -0.25) is 0 Å². The van der Waals surface area contributed by atoms with Crippen molar-refractivity contribution in [2.75, 3.05) is 11.4 Å². The van der Waals surface area contributed by atoms with E-state index >= 15 is 0 Å². The first-order chi connectivity index (χ1) is 8.65. The van der Waals surface area contributed by atoms with Gasteiger partial charge in [0.2, 0.25) is 0 Å². The Hall–Kier alpha value is -1.09. The van der Waals surface area contributed by atoms with Crippen LogP contribution in [0.4, 0.5) is 10.1 Å². The molecule has 1 aliphatic rings. The van der Waals surface area contributed by atoms with E-state index in [-0.39, 0.29) is 5.82 Å². The average molecular weight is 251 g/mol. The van der Waals surface area contributed by atoms with E-state index in [2.05, 4.69) is 11.8 Å². The van der Waals surface area contributed by atoms with E-state index in [1.807, 2.05) is 6.07 Å². The number of rotatable bonds is 4. The molecular formula is C15H22FNO. The zero-order valence-corrected chi connectivity index (χ0v) is 11.2. The zero-order valence-electron chi connectivity index (χ0n) is 11.2. The van der Waals surface area contributed by atoms with E-state index < -0.39 is 6.10 Å². The van der Waals surface area contributed by atoms with Gasteiger partial charge in [-0.1, -0.05) is 25.0 Å². The van der Waals surface area contributed by atoms with Crippen LogP contribution in [0.15, 0.2) is 18.2 Å². The first-order valence-corrected chi connectivity index (χ1v) is 6.88. The van der Waals surface area contributed by atoms with Gasteiger partial charge in [0.05, 0.1) is 11.8 Å². The third-order valence-electron chi connectivity index (χ3n) is 3.86. The molecule has 1 aromatic rings. The Labute approximate surface area is 108 Å². The van der Waals surface area contributed by atoms with Gasteiger partial charge in [-0.25, -0.2) is 4.39 Å². The van der Waals surface area contributed by atoms with Crippen LogP contribution < -0.4 is 4.90 Å². The second-order valence-electron chi connectivity index (χ2n) is 5.08. The van der Waals surface area contributed by atoms with Crippen LogP contribution in [0.1, 0.15) is 51.2 Å². The minimum Gasteiger partial charge on any atom is -0.389 e. The molecule has 0 radical (unpaired) electrons. The van der Waals surface area contributed by atoms with Crippen molar-refractivity contribution in [3.05, 3.63) is 29.6 Å². The third-order valence-corrected chi connectivity index (χ3v) is 3.86. The summed E-state index contributed by atoms with van der Waals surface area (Å²) < 4.78 is 14.1. The minimum absolute atomic E-state index is 0.220. The number of aliphatic hydroxyl groups excluding tert-OH is 1. The predicted octanol–water partition coefficient (Wildman–Crippen LogP) is 3.65. The quantitative estimate of drug-likeness (QED) is 0.883. The van der Waals surface area contributed by atoms with Crippen LogP contribution in [0.2, 0.25) is 0 Å². The Morgan fingerprint density at radius 2 is 2.06 bits per heavy atom. The number of benzene rings is 1. The fourth-order valence-electron chi connectivity index (χ4n) is 2.99. The Kier molecular flexibility index (Phi) is 4.23. The lowest BCUT2D eigenvalue weighted by Gasteiger charge is -2.32. The van der Waals surface area contributed by atoms with Gasteiger partial charge in [-0.15, -0.1) is 0 Å². The standard InChI is InChI=1S/C15H22FNO/c1-3-17(12-7-4-5-8-12)15-13(11(2)18)9-6-10-14(15)16/h6,9-12,18H,3-5,7-8H2,1-2H3. The number of hydrogen-bond acceptors (Lipinski definition) is 2. The summed E-state index contributed by atoms with van der Waals surface area (Å²) >= 11 is 0. The smallest absolute Gasteiger partial charge is 0.146 e. The molecule has 0 aromatic heterocycles. The van der Waals surface area contributed by atoms with Crippen molar-refractivity contribution in [1.29, 1.82) is 0 Å². The van der Waals surface area contributed by atoms with Gasteiger partial charge in [0.25, 0.3) is 0 Å². The van der Waals surface area contributed by atoms with Crippen molar-refractivity contribution >= 4 is 5.69 Å². The van der Waals surface area contributed by atoms with E-state index in [1.54, 1.807) is 13.0 Å². The van der Waals surface area contributed by atoms with Crippen LogP contribution in [0.3, 0.4) is 0 Å². The summed E-state index contributed by atoms with van der Waals surface area (Å²) in [5, 5.41) is 9.82. The molecule has 1 atom stereocenters. The number of nitrogens with zero attached hydrogens (tertiary/aromatic N) is 1. The van der Waals surface area contributed by atoms with Crippen LogP contribution >= 0.6 is 0 Å². The molecule has 0 bridgehead atoms. The van der Waals surface area contributed by atoms with Crippen molar-refractivity contribution in [3.63, 3.8) is 0 Å². The van der Waals surface area contributed by atoms with Crippen LogP contribution in [-0.4, -0.2) is 17.7 Å². The van der Waals surface area contributed by atoms with E-state index in [0.29, 0.717) is 17.3 Å². The lowest BCUT2D eigenvalue weighted by molar-refractivity contribution is 0.199. The molecule has 3 heteroatoms. The third kappa shape index (κ3) is 2.51. The second-order valence-corrected chi connectivity index (χ2v) is 5.08. The van der Waals surface area contributed by atoms with Gasteiger partial charge >= 0.3 is 0 Å². The van der Waals surface area contributed by atoms with Crippen LogP contribution in [-0.2, 0) is 0 Å². The highest BCUT2D eigenvalue weighted by molar-refractivity contribution is 5.56. The Morgan fingerprint density at radius 1 is 1.39 bits per heavy atom. The maximum atomic E-state index is 14.1. The fraction of sp³-hybridized carbons (Fsp3) is 0.600. The Morgan fingerprint density at radius 3 is 2.61 bits per heavy atom. The molecule has 18 heavy (non-hydrogen) atoms. The summed E-state index contributed by atoms with van der Waals surface area (Å²) in [4.78, 5) is 2.13. The second kappa shape index (κ2) is 5.70. The van der Waals surface area contributed by atoms with Gasteiger partial charge in [-0.2, -0.15) is 0 Å². The highest BCUT2D eigenvalue weighted by Gasteiger charge is 2.26. The van der Waals surface area contributed by atoms with Crippen molar-refractivity contribution in [2.45, 2.75) is 51.7 Å². The molecule has 1 unspecified atom stereocenters. The molecule has 0 amide bonds. The van der Waals surface area contributed by atoms with Gasteiger partial charge in [0.1, 0.15) is 5.82 Å². The summed E-state index contributed by atoms with van der Waals surface area (Å²) in [5.74, 6) is -0.220. The maximum absolute atomic E-state index is 14.1. The number of para-hydroxylation sites is 1. The monoisotopic (exact) mass is 251 g/mol. The number of anilines is 1. The highest BCUT2D eigenvalue weighted by atomic mass is 19.1. The SMILES string of the molecule is CCN(c1c(F)cccc1C(C)O)C1CCCC1. The maximum Gasteiger partial charge on any atom is 0.146 e. The summed E-state index contributed by atoms with van der Waals surface area (Å²) in [6.45, 7) is 4.53. The van der Waals surface area contributed by atoms with E-state index in [4.69, 9.17) is 0 Å². The molecule has 1 aliphatic carbocycles. The molecule has 100 valence electrons. The summed E-state index contributed by atoms with van der Waals surface area (Å²) in [5.41, 5.74) is 1.30. The zero-order chi connectivity index (χ0) is 13.1. The molecule has 0 saturated heterocycles. The van der Waals surface area contributed by atoms with Crippen molar-refractivity contribution in [2.24, 2.45) is 0 Å². The van der Waals surface area contributed by atoms with Crippen molar-refractivity contribution in [3.8, 4) is 0 Å². The fourth-order valence-corrected chi connectivity index (χ4v) is 2.99. The predicted molar refractivity (Wildman–Crippen MR) is 72.3 cm³/mol. The van der Waals surface area contributed by atoms with Crippen LogP contribution in [0, 0.1) is 5.82 Å². The average Bonchev–Trinajstić information content (AvgIpc) is 2.85. The van der Waals surface area contributed by atoms with Gasteiger partial charge in [0, 0.05) is 18.2 Å².